The first-order valence-corrected chi connectivity index (χ1v) is 12.5. The lowest BCUT2D eigenvalue weighted by Crippen LogP contribution is -2.35. The molecule has 0 aliphatic carbocycles. The second-order valence-electron chi connectivity index (χ2n) is 7.71. The van der Waals surface area contributed by atoms with Crippen LogP contribution in [-0.2, 0) is 17.7 Å². The number of ether oxygens (including phenoxy) is 1. The lowest BCUT2D eigenvalue weighted by atomic mass is 10.0. The predicted octanol–water partition coefficient (Wildman–Crippen LogP) is 5.96. The number of rotatable bonds is 4. The number of carbonyl (C=O) groups is 2. The third-order valence-corrected chi connectivity index (χ3v) is 8.15. The van der Waals surface area contributed by atoms with E-state index >= 15 is 0 Å². The monoisotopic (exact) mass is 528 g/mol. The molecule has 0 fully saturated rings. The molecule has 4 aromatic rings. The fourth-order valence-electron chi connectivity index (χ4n) is 3.95. The van der Waals surface area contributed by atoms with Gasteiger partial charge in [0.2, 0.25) is 0 Å². The number of thiophene rings is 1. The number of carbonyl (C=O) groups excluding carboxylic acids is 2. The van der Waals surface area contributed by atoms with Crippen LogP contribution in [0.5, 0.6) is 0 Å². The quantitative estimate of drug-likeness (QED) is 0.258. The van der Waals surface area contributed by atoms with E-state index in [1.807, 2.05) is 24.3 Å². The zero-order chi connectivity index (χ0) is 24.7. The van der Waals surface area contributed by atoms with Gasteiger partial charge in [0.15, 0.2) is 0 Å². The number of fused-ring (bicyclic) bond motifs is 2. The van der Waals surface area contributed by atoms with E-state index in [0.717, 1.165) is 37.3 Å². The first-order chi connectivity index (χ1) is 16.9. The summed E-state index contributed by atoms with van der Waals surface area (Å²) in [4.78, 5) is 43.2. The highest BCUT2D eigenvalue weighted by Crippen LogP contribution is 2.46. The average molecular weight is 529 g/mol. The maximum Gasteiger partial charge on any atom is 0.409 e. The molecule has 1 aliphatic heterocycles. The minimum atomic E-state index is -0.578. The van der Waals surface area contributed by atoms with Crippen LogP contribution in [0.3, 0.4) is 0 Å². The Kier molecular flexibility index (Phi) is 6.13. The van der Waals surface area contributed by atoms with Crippen LogP contribution >= 0.6 is 34.3 Å². The largest absolute Gasteiger partial charge is 0.453 e. The number of anilines is 1. The Labute approximate surface area is 212 Å². The van der Waals surface area contributed by atoms with Crippen molar-refractivity contribution in [2.24, 2.45) is 0 Å². The third-order valence-electron chi connectivity index (χ3n) is 5.63. The molecule has 0 radical (unpaired) electrons. The fraction of sp³-hybridized carbons (Fsp3) is 0.174. The number of non-ortho nitro benzene ring substituents is 1. The van der Waals surface area contributed by atoms with E-state index in [4.69, 9.17) is 21.3 Å². The summed E-state index contributed by atoms with van der Waals surface area (Å²) in [6.07, 6.45) is 0.152. The van der Waals surface area contributed by atoms with Crippen LogP contribution in [-0.4, -0.2) is 40.5 Å². The number of nitro groups is 1. The molecule has 2 aromatic carbocycles. The minimum Gasteiger partial charge on any atom is -0.453 e. The Morgan fingerprint density at radius 3 is 2.77 bits per heavy atom. The fourth-order valence-corrected chi connectivity index (χ4v) is 6.53. The standard InChI is InChI=1S/C23H17ClN4O5S2/c1-33-23(30)27-9-8-13-18(11-27)35-22(19(13)21-25-16-4-2-3-5-17(16)34-21)26-20(29)14-10-12(28(31)32)6-7-15(14)24/h2-7,10H,8-9,11H2,1H3,(H,26,29). The average Bonchev–Trinajstić information content (AvgIpc) is 3.43. The van der Waals surface area contributed by atoms with Crippen molar-refractivity contribution in [1.29, 1.82) is 0 Å². The molecule has 0 spiro atoms. The zero-order valence-electron chi connectivity index (χ0n) is 18.2. The van der Waals surface area contributed by atoms with Crippen molar-refractivity contribution < 1.29 is 19.2 Å². The number of hydrogen-bond acceptors (Lipinski definition) is 8. The molecule has 0 saturated carbocycles. The van der Waals surface area contributed by atoms with E-state index in [1.165, 1.54) is 41.9 Å². The van der Waals surface area contributed by atoms with Crippen LogP contribution < -0.4 is 5.32 Å². The van der Waals surface area contributed by atoms with Crippen LogP contribution in [0.1, 0.15) is 20.8 Å². The summed E-state index contributed by atoms with van der Waals surface area (Å²) in [5, 5.41) is 15.5. The Morgan fingerprint density at radius 2 is 2.03 bits per heavy atom. The van der Waals surface area contributed by atoms with Gasteiger partial charge in [0.1, 0.15) is 10.0 Å². The normalized spacial score (nSPS) is 12.9. The van der Waals surface area contributed by atoms with Gasteiger partial charge in [0.05, 0.1) is 39.4 Å². The molecule has 12 heteroatoms. The molecule has 9 nitrogen and oxygen atoms in total. The summed E-state index contributed by atoms with van der Waals surface area (Å²) in [5.74, 6) is -0.565. The van der Waals surface area contributed by atoms with E-state index in [-0.39, 0.29) is 16.3 Å². The smallest absolute Gasteiger partial charge is 0.409 e. The molecular formula is C23H17ClN4O5S2. The number of thiazole rings is 1. The molecule has 3 heterocycles. The molecule has 2 amide bonds. The van der Waals surface area contributed by atoms with Crippen LogP contribution in [0.15, 0.2) is 42.5 Å². The van der Waals surface area contributed by atoms with E-state index < -0.39 is 16.9 Å². The van der Waals surface area contributed by atoms with Crippen LogP contribution in [0.4, 0.5) is 15.5 Å². The van der Waals surface area contributed by atoms with E-state index in [2.05, 4.69) is 5.32 Å². The van der Waals surface area contributed by atoms with Gasteiger partial charge in [0, 0.05) is 29.1 Å². The molecule has 35 heavy (non-hydrogen) atoms. The van der Waals surface area contributed by atoms with E-state index in [1.54, 1.807) is 4.90 Å². The van der Waals surface area contributed by atoms with Crippen LogP contribution in [0.2, 0.25) is 5.02 Å². The first kappa shape index (κ1) is 23.2. The number of nitrogens with one attached hydrogen (secondary N) is 1. The predicted molar refractivity (Wildman–Crippen MR) is 136 cm³/mol. The van der Waals surface area contributed by atoms with Crippen molar-refractivity contribution in [3.8, 4) is 10.6 Å². The molecule has 2 aromatic heterocycles. The highest BCUT2D eigenvalue weighted by Gasteiger charge is 2.30. The number of hydrogen-bond donors (Lipinski definition) is 1. The van der Waals surface area contributed by atoms with Crippen molar-refractivity contribution in [3.05, 3.63) is 73.6 Å². The molecule has 1 N–H and O–H groups in total. The maximum absolute atomic E-state index is 13.2. The Morgan fingerprint density at radius 1 is 1.23 bits per heavy atom. The minimum absolute atomic E-state index is 0.00123. The highest BCUT2D eigenvalue weighted by atomic mass is 35.5. The summed E-state index contributed by atoms with van der Waals surface area (Å²) in [5.41, 5.74) is 2.42. The summed E-state index contributed by atoms with van der Waals surface area (Å²) in [6.45, 7) is 0.816. The van der Waals surface area contributed by atoms with Gasteiger partial charge in [-0.2, -0.15) is 0 Å². The Balaban J connectivity index is 1.58. The summed E-state index contributed by atoms with van der Waals surface area (Å²) in [6, 6.07) is 11.5. The number of halogens is 1. The van der Waals surface area contributed by atoms with E-state index in [0.29, 0.717) is 24.5 Å². The number of amides is 2. The molecular weight excluding hydrogens is 512 g/mol. The molecule has 178 valence electrons. The van der Waals surface area contributed by atoms with Gasteiger partial charge in [-0.15, -0.1) is 22.7 Å². The molecule has 0 bridgehead atoms. The van der Waals surface area contributed by atoms with Gasteiger partial charge in [-0.05, 0) is 30.2 Å². The summed E-state index contributed by atoms with van der Waals surface area (Å²) >= 11 is 9.05. The van der Waals surface area contributed by atoms with Crippen molar-refractivity contribution >= 4 is 67.2 Å². The van der Waals surface area contributed by atoms with Gasteiger partial charge >= 0.3 is 6.09 Å². The van der Waals surface area contributed by atoms with Crippen molar-refractivity contribution in [3.63, 3.8) is 0 Å². The van der Waals surface area contributed by atoms with Crippen LogP contribution in [0, 0.1) is 10.1 Å². The SMILES string of the molecule is COC(=O)N1CCc2c(sc(NC(=O)c3cc([N+](=O)[O-])ccc3Cl)c2-c2nc3ccccc3s2)C1. The topological polar surface area (TPSA) is 115 Å². The molecule has 0 unspecified atom stereocenters. The Bertz CT molecular complexity index is 1470. The van der Waals surface area contributed by atoms with Gasteiger partial charge < -0.3 is 15.0 Å². The van der Waals surface area contributed by atoms with Crippen LogP contribution in [0.25, 0.3) is 20.8 Å². The van der Waals surface area contributed by atoms with Crippen molar-refractivity contribution in [1.82, 2.24) is 9.88 Å². The molecule has 5 rings (SSSR count). The molecule has 0 saturated heterocycles. The number of benzene rings is 2. The number of nitrogens with zero attached hydrogens (tertiary/aromatic N) is 3. The second kappa shape index (κ2) is 9.25. The van der Waals surface area contributed by atoms with Gasteiger partial charge in [-0.25, -0.2) is 9.78 Å². The molecule has 0 atom stereocenters. The van der Waals surface area contributed by atoms with Gasteiger partial charge in [0.25, 0.3) is 11.6 Å². The van der Waals surface area contributed by atoms with Crippen molar-refractivity contribution in [2.75, 3.05) is 19.0 Å². The summed E-state index contributed by atoms with van der Waals surface area (Å²) < 4.78 is 5.88. The van der Waals surface area contributed by atoms with E-state index in [9.17, 15) is 19.7 Å². The maximum atomic E-state index is 13.2. The number of para-hydroxylation sites is 1. The highest BCUT2D eigenvalue weighted by molar-refractivity contribution is 7.23. The van der Waals surface area contributed by atoms with Gasteiger partial charge in [-0.1, -0.05) is 23.7 Å². The lowest BCUT2D eigenvalue weighted by Gasteiger charge is -2.25. The Hall–Kier alpha value is -3.54. The number of nitro benzene ring substituents is 1. The van der Waals surface area contributed by atoms with Gasteiger partial charge in [-0.3, -0.25) is 14.9 Å². The summed E-state index contributed by atoms with van der Waals surface area (Å²) in [7, 11) is 1.34. The zero-order valence-corrected chi connectivity index (χ0v) is 20.6. The number of methoxy groups -OCH3 is 1. The lowest BCUT2D eigenvalue weighted by molar-refractivity contribution is -0.384. The third kappa shape index (κ3) is 4.33. The first-order valence-electron chi connectivity index (χ1n) is 10.4. The second-order valence-corrected chi connectivity index (χ2v) is 10.3. The number of aromatic nitrogens is 1. The molecule has 1 aliphatic rings. The van der Waals surface area contributed by atoms with Crippen molar-refractivity contribution in [2.45, 2.75) is 13.0 Å².